The fourth-order valence-corrected chi connectivity index (χ4v) is 8.49. The Bertz CT molecular complexity index is 1510. The van der Waals surface area contributed by atoms with Crippen LogP contribution in [0.25, 0.3) is 0 Å². The zero-order valence-corrected chi connectivity index (χ0v) is 35.0. The predicted molar refractivity (Wildman–Crippen MR) is 199 cm³/mol. The van der Waals surface area contributed by atoms with Gasteiger partial charge < -0.3 is 154 Å². The maximum atomic E-state index is 11.5. The van der Waals surface area contributed by atoms with Gasteiger partial charge in [-0.15, -0.1) is 0 Å². The number of hydrogen-bond donors (Lipinski definition) is 20. The third kappa shape index (κ3) is 11.2. The minimum atomic E-state index is -2.26. The van der Waals surface area contributed by atoms with E-state index in [2.05, 4.69) is 0 Å². The van der Waals surface area contributed by atoms with E-state index in [-0.39, 0.29) is 0 Å². The van der Waals surface area contributed by atoms with Crippen LogP contribution in [-0.2, 0) is 52.1 Å². The molecule has 31 heteroatoms. The van der Waals surface area contributed by atoms with Gasteiger partial charge in [-0.2, -0.15) is 0 Å². The van der Waals surface area contributed by atoms with E-state index in [9.17, 15) is 102 Å². The molecule has 6 saturated heterocycles. The largest absolute Gasteiger partial charge is 0.394 e. The lowest BCUT2D eigenvalue weighted by molar-refractivity contribution is -0.398. The molecule has 6 aliphatic rings. The van der Waals surface area contributed by atoms with Gasteiger partial charge in [0.25, 0.3) is 0 Å². The minimum absolute atomic E-state index is 0.862. The van der Waals surface area contributed by atoms with Crippen LogP contribution < -0.4 is 0 Å². The van der Waals surface area contributed by atoms with Crippen molar-refractivity contribution in [2.24, 2.45) is 0 Å². The molecule has 31 nitrogen and oxygen atoms in total. The second-order valence-corrected chi connectivity index (χ2v) is 16.8. The van der Waals surface area contributed by atoms with Crippen molar-refractivity contribution in [2.75, 3.05) is 39.6 Å². The maximum Gasteiger partial charge on any atom is 0.187 e. The molecule has 6 aliphatic heterocycles. The van der Waals surface area contributed by atoms with Gasteiger partial charge in [-0.3, -0.25) is 0 Å². The van der Waals surface area contributed by atoms with E-state index < -0.39 is 224 Å². The van der Waals surface area contributed by atoms with Crippen molar-refractivity contribution in [1.82, 2.24) is 0 Å². The Hall–Kier alpha value is -1.24. The lowest BCUT2D eigenvalue weighted by Gasteiger charge is -2.50. The van der Waals surface area contributed by atoms with Crippen LogP contribution in [0.4, 0.5) is 0 Å². The normalized spacial score (nSPS) is 53.4. The van der Waals surface area contributed by atoms with Gasteiger partial charge in [-0.25, -0.2) is 0 Å². The van der Waals surface area contributed by atoms with E-state index in [1.807, 2.05) is 0 Å². The molecule has 0 aromatic carbocycles. The quantitative estimate of drug-likeness (QED) is 0.0683. The fourth-order valence-electron chi connectivity index (χ4n) is 8.49. The number of aliphatic hydroxyl groups is 20. The molecule has 6 fully saturated rings. The average molecular weight is 991 g/mol. The zero-order valence-electron chi connectivity index (χ0n) is 35.0. The molecule has 0 aromatic heterocycles. The molecule has 0 aromatic rings. The Morgan fingerprint density at radius 2 is 0.433 bits per heavy atom. The Labute approximate surface area is 378 Å². The van der Waals surface area contributed by atoms with Gasteiger partial charge in [-0.05, 0) is 0 Å². The topological polar surface area (TPSA) is 506 Å². The molecular weight excluding hydrogens is 928 g/mol. The van der Waals surface area contributed by atoms with Gasteiger partial charge in [0.15, 0.2) is 37.7 Å². The summed E-state index contributed by atoms with van der Waals surface area (Å²) in [6.45, 7) is -5.79. The molecule has 0 saturated carbocycles. The van der Waals surface area contributed by atoms with Gasteiger partial charge in [0.05, 0.1) is 39.6 Å². The first-order chi connectivity index (χ1) is 31.8. The van der Waals surface area contributed by atoms with E-state index in [1.165, 1.54) is 0 Å². The molecule has 0 bridgehead atoms. The number of aliphatic hydroxyl groups excluding tert-OH is 20. The first kappa shape index (κ1) is 55.1. The second-order valence-electron chi connectivity index (χ2n) is 16.8. The van der Waals surface area contributed by atoms with Crippen LogP contribution in [0.5, 0.6) is 0 Å². The molecule has 0 unspecified atom stereocenters. The van der Waals surface area contributed by atoms with Crippen LogP contribution in [0.2, 0.25) is 0 Å². The summed E-state index contributed by atoms with van der Waals surface area (Å²) in [4.78, 5) is 0. The maximum absolute atomic E-state index is 11.5. The summed E-state index contributed by atoms with van der Waals surface area (Å²) >= 11 is 0. The molecule has 0 radical (unpaired) electrons. The monoisotopic (exact) mass is 990 g/mol. The summed E-state index contributed by atoms with van der Waals surface area (Å²) in [5, 5.41) is 211. The molecule has 6 heterocycles. The van der Waals surface area contributed by atoms with Crippen molar-refractivity contribution in [1.29, 1.82) is 0 Å². The minimum Gasteiger partial charge on any atom is -0.394 e. The van der Waals surface area contributed by atoms with E-state index >= 15 is 0 Å². The van der Waals surface area contributed by atoms with Crippen LogP contribution in [0.15, 0.2) is 0 Å². The van der Waals surface area contributed by atoms with Crippen LogP contribution in [0.3, 0.4) is 0 Å². The van der Waals surface area contributed by atoms with E-state index in [4.69, 9.17) is 52.1 Å². The molecular formula is C36H62O31. The van der Waals surface area contributed by atoms with Crippen molar-refractivity contribution >= 4 is 0 Å². The Kier molecular flexibility index (Phi) is 19.4. The van der Waals surface area contributed by atoms with Crippen molar-refractivity contribution in [3.63, 3.8) is 0 Å². The first-order valence-corrected chi connectivity index (χ1v) is 21.1. The van der Waals surface area contributed by atoms with Gasteiger partial charge in [0.1, 0.15) is 146 Å². The molecule has 67 heavy (non-hydrogen) atoms. The van der Waals surface area contributed by atoms with Gasteiger partial charge in [0, 0.05) is 0 Å². The van der Waals surface area contributed by atoms with Crippen LogP contribution in [0, 0.1) is 0 Å². The van der Waals surface area contributed by atoms with E-state index in [0.29, 0.717) is 0 Å². The van der Waals surface area contributed by atoms with E-state index in [1.54, 1.807) is 0 Å². The molecule has 30 atom stereocenters. The predicted octanol–water partition coefficient (Wildman–Crippen LogP) is -14.1. The van der Waals surface area contributed by atoms with Crippen molar-refractivity contribution in [3.8, 4) is 0 Å². The Morgan fingerprint density at radius 1 is 0.224 bits per heavy atom. The fraction of sp³-hybridized carbons (Fsp3) is 1.00. The molecule has 20 N–H and O–H groups in total. The summed E-state index contributed by atoms with van der Waals surface area (Å²) in [6, 6.07) is 0. The second kappa shape index (κ2) is 23.5. The highest BCUT2D eigenvalue weighted by Crippen LogP contribution is 2.37. The third-order valence-corrected chi connectivity index (χ3v) is 12.4. The lowest BCUT2D eigenvalue weighted by atomic mass is 9.95. The highest BCUT2D eigenvalue weighted by Gasteiger charge is 2.58. The van der Waals surface area contributed by atoms with Crippen molar-refractivity contribution in [2.45, 2.75) is 184 Å². The molecule has 0 aliphatic carbocycles. The first-order valence-electron chi connectivity index (χ1n) is 21.1. The SMILES string of the molecule is OC[C@H]1O[C@H](O[C@@H]2[C@H](O)[C@@H](O[C@@H]3[C@H](O)[C@@H](O[C@@H]4[C@H](O)[C@@H](O[C@@H]5[C@H](O)[C@@H](O[C@@H]6[C@H](O)[C@@H](O)O[C@H](CO)[C@H]6O)O[C@H](CO)[C@H]5O)O[C@H](CO)[C@H]4O)O[C@H](CO)[C@H]3O)O[C@H](CO)[C@H]2O)[C@@H](O)[C@@H](O)[C@@H]1O. The third-order valence-electron chi connectivity index (χ3n) is 12.4. The summed E-state index contributed by atoms with van der Waals surface area (Å²) in [5.74, 6) is 0. The highest BCUT2D eigenvalue weighted by molar-refractivity contribution is 5.00. The van der Waals surface area contributed by atoms with Gasteiger partial charge in [-0.1, -0.05) is 0 Å². The average Bonchev–Trinajstić information content (AvgIpc) is 3.31. The number of hydrogen-bond acceptors (Lipinski definition) is 31. The van der Waals surface area contributed by atoms with Crippen molar-refractivity contribution in [3.05, 3.63) is 0 Å². The Morgan fingerprint density at radius 3 is 0.687 bits per heavy atom. The van der Waals surface area contributed by atoms with E-state index in [0.717, 1.165) is 0 Å². The van der Waals surface area contributed by atoms with Crippen LogP contribution >= 0.6 is 0 Å². The molecule has 392 valence electrons. The highest BCUT2D eigenvalue weighted by atomic mass is 16.8. The van der Waals surface area contributed by atoms with Gasteiger partial charge in [0.2, 0.25) is 0 Å². The molecule has 0 spiro atoms. The standard InChI is InChI=1S/C36H62O31/c37-1-7-13(43)19(49)20(50)32(58-7)64-27-15(45)9(3-39)60-34(22(27)52)66-29-17(47)11(5-41)62-36(24(29)54)67-30-18(48)12(6-42)61-35(25(30)55)65-28-16(46)10(4-40)59-33(23(28)53)63-26-14(44)8(2-38)57-31(56)21(26)51/h7-56H,1-6H2/t7-,8-,9-,10-,11-,12-,13-,14-,15-,16-,17-,18-,19+,20+,21+,22+,23+,24+,25+,26+,27+,28+,29+,30+,31+,32-,33-,34-,35-,36-/m1/s1. The number of ether oxygens (including phenoxy) is 11. The molecule has 6 rings (SSSR count). The van der Waals surface area contributed by atoms with Crippen molar-refractivity contribution < 1.29 is 154 Å². The summed E-state index contributed by atoms with van der Waals surface area (Å²) in [6.07, 6.45) is -58.5. The van der Waals surface area contributed by atoms with Crippen LogP contribution in [-0.4, -0.2) is 326 Å². The number of rotatable bonds is 16. The Balaban J connectivity index is 1.18. The van der Waals surface area contributed by atoms with Crippen LogP contribution in [0.1, 0.15) is 0 Å². The lowest BCUT2D eigenvalue weighted by Crippen LogP contribution is -2.68. The zero-order chi connectivity index (χ0) is 49.3. The summed E-state index contributed by atoms with van der Waals surface area (Å²) in [7, 11) is 0. The van der Waals surface area contributed by atoms with Gasteiger partial charge >= 0.3 is 0 Å². The smallest absolute Gasteiger partial charge is 0.187 e. The molecule has 0 amide bonds. The summed E-state index contributed by atoms with van der Waals surface area (Å²) in [5.41, 5.74) is 0. The summed E-state index contributed by atoms with van der Waals surface area (Å²) < 4.78 is 60.4.